The number of amides is 1. The van der Waals surface area contributed by atoms with Gasteiger partial charge in [0.15, 0.2) is 11.5 Å². The summed E-state index contributed by atoms with van der Waals surface area (Å²) in [6.07, 6.45) is 1.44. The molecule has 0 spiro atoms. The molecule has 134 valence electrons. The molecule has 1 heterocycles. The van der Waals surface area contributed by atoms with Gasteiger partial charge in [-0.15, -0.1) is 0 Å². The highest BCUT2D eigenvalue weighted by Gasteiger charge is 2.12. The van der Waals surface area contributed by atoms with E-state index in [-0.39, 0.29) is 22.4 Å². The maximum Gasteiger partial charge on any atom is 0.287 e. The molecule has 26 heavy (non-hydrogen) atoms. The second kappa shape index (κ2) is 7.49. The zero-order valence-corrected chi connectivity index (χ0v) is 15.1. The SMILES string of the molecule is CCOc1cc(/C=N/NC(=O)c2cc3ccccc3n2C)cc(Cl)c1O. The number of carbonyl (C=O) groups excluding carboxylic acids is 1. The minimum Gasteiger partial charge on any atom is -0.503 e. The summed E-state index contributed by atoms with van der Waals surface area (Å²) in [4.78, 5) is 12.4. The zero-order chi connectivity index (χ0) is 18.7. The molecule has 0 aliphatic heterocycles. The van der Waals surface area contributed by atoms with Crippen LogP contribution >= 0.6 is 11.6 Å². The first-order valence-corrected chi connectivity index (χ1v) is 8.42. The van der Waals surface area contributed by atoms with Gasteiger partial charge in [-0.3, -0.25) is 4.79 Å². The monoisotopic (exact) mass is 371 g/mol. The Morgan fingerprint density at radius 2 is 2.12 bits per heavy atom. The molecule has 0 bridgehead atoms. The lowest BCUT2D eigenvalue weighted by Gasteiger charge is -2.08. The summed E-state index contributed by atoms with van der Waals surface area (Å²) in [6, 6.07) is 12.7. The minimum atomic E-state index is -0.324. The van der Waals surface area contributed by atoms with Gasteiger partial charge >= 0.3 is 0 Å². The predicted molar refractivity (Wildman–Crippen MR) is 102 cm³/mol. The van der Waals surface area contributed by atoms with E-state index in [4.69, 9.17) is 16.3 Å². The first-order chi connectivity index (χ1) is 12.5. The Labute approximate surface area is 155 Å². The number of aromatic nitrogens is 1. The lowest BCUT2D eigenvalue weighted by atomic mass is 10.2. The topological polar surface area (TPSA) is 75.8 Å². The number of hydrogen-bond acceptors (Lipinski definition) is 4. The first-order valence-electron chi connectivity index (χ1n) is 8.04. The van der Waals surface area contributed by atoms with Crippen molar-refractivity contribution in [3.63, 3.8) is 0 Å². The zero-order valence-electron chi connectivity index (χ0n) is 14.4. The molecule has 1 aromatic heterocycles. The minimum absolute atomic E-state index is 0.120. The Morgan fingerprint density at radius 3 is 2.85 bits per heavy atom. The number of halogens is 1. The molecular weight excluding hydrogens is 354 g/mol. The number of aryl methyl sites for hydroxylation is 1. The number of carbonyl (C=O) groups is 1. The van der Waals surface area contributed by atoms with Crippen molar-refractivity contribution in [1.29, 1.82) is 0 Å². The number of nitrogens with zero attached hydrogens (tertiary/aromatic N) is 2. The van der Waals surface area contributed by atoms with Crippen molar-refractivity contribution >= 4 is 34.6 Å². The van der Waals surface area contributed by atoms with E-state index in [1.54, 1.807) is 13.0 Å². The highest BCUT2D eigenvalue weighted by atomic mass is 35.5. The van der Waals surface area contributed by atoms with E-state index in [1.165, 1.54) is 12.3 Å². The third-order valence-corrected chi connectivity index (χ3v) is 4.20. The van der Waals surface area contributed by atoms with Crippen LogP contribution in [0.15, 0.2) is 47.6 Å². The van der Waals surface area contributed by atoms with Crippen LogP contribution in [0.3, 0.4) is 0 Å². The lowest BCUT2D eigenvalue weighted by Crippen LogP contribution is -2.20. The van der Waals surface area contributed by atoms with E-state index in [0.717, 1.165) is 10.9 Å². The predicted octanol–water partition coefficient (Wildman–Crippen LogP) is 3.70. The summed E-state index contributed by atoms with van der Waals surface area (Å²) in [5.41, 5.74) is 4.56. The number of hydrazone groups is 1. The van der Waals surface area contributed by atoms with Gasteiger partial charge in [0.25, 0.3) is 5.91 Å². The van der Waals surface area contributed by atoms with E-state index in [0.29, 0.717) is 17.9 Å². The van der Waals surface area contributed by atoms with Crippen molar-refractivity contribution in [3.8, 4) is 11.5 Å². The van der Waals surface area contributed by atoms with Crippen LogP contribution in [0.1, 0.15) is 23.0 Å². The van der Waals surface area contributed by atoms with Gasteiger partial charge in [0.1, 0.15) is 5.69 Å². The number of nitrogens with one attached hydrogen (secondary N) is 1. The Morgan fingerprint density at radius 1 is 1.35 bits per heavy atom. The Balaban J connectivity index is 1.77. The molecule has 3 aromatic rings. The molecule has 0 atom stereocenters. The van der Waals surface area contributed by atoms with Gasteiger partial charge in [-0.1, -0.05) is 29.8 Å². The van der Waals surface area contributed by atoms with Crippen molar-refractivity contribution in [2.45, 2.75) is 6.92 Å². The Hall–Kier alpha value is -2.99. The summed E-state index contributed by atoms with van der Waals surface area (Å²) in [6.45, 7) is 2.19. The molecule has 0 radical (unpaired) electrons. The fraction of sp³-hybridized carbons (Fsp3) is 0.158. The number of rotatable bonds is 5. The van der Waals surface area contributed by atoms with Crippen LogP contribution in [0.5, 0.6) is 11.5 Å². The molecule has 0 aliphatic carbocycles. The third kappa shape index (κ3) is 3.50. The smallest absolute Gasteiger partial charge is 0.287 e. The van der Waals surface area contributed by atoms with Gasteiger partial charge in [-0.2, -0.15) is 5.10 Å². The van der Waals surface area contributed by atoms with Crippen molar-refractivity contribution < 1.29 is 14.6 Å². The molecule has 0 aliphatic rings. The van der Waals surface area contributed by atoms with Crippen LogP contribution in [-0.4, -0.2) is 28.4 Å². The van der Waals surface area contributed by atoms with Crippen molar-refractivity contribution in [3.05, 3.63) is 58.7 Å². The highest BCUT2D eigenvalue weighted by Crippen LogP contribution is 2.34. The fourth-order valence-electron chi connectivity index (χ4n) is 2.66. The first kappa shape index (κ1) is 17.8. The molecule has 2 aromatic carbocycles. The van der Waals surface area contributed by atoms with Gasteiger partial charge in [0, 0.05) is 18.0 Å². The van der Waals surface area contributed by atoms with E-state index in [1.807, 2.05) is 41.9 Å². The summed E-state index contributed by atoms with van der Waals surface area (Å²) in [5, 5.41) is 14.9. The molecule has 6 nitrogen and oxygen atoms in total. The van der Waals surface area contributed by atoms with E-state index in [2.05, 4.69) is 10.5 Å². The summed E-state index contributed by atoms with van der Waals surface area (Å²) in [7, 11) is 1.83. The third-order valence-electron chi connectivity index (χ3n) is 3.91. The average molecular weight is 372 g/mol. The van der Waals surface area contributed by atoms with E-state index < -0.39 is 0 Å². The highest BCUT2D eigenvalue weighted by molar-refractivity contribution is 6.32. The largest absolute Gasteiger partial charge is 0.503 e. The van der Waals surface area contributed by atoms with Gasteiger partial charge in [-0.05, 0) is 36.8 Å². The fourth-order valence-corrected chi connectivity index (χ4v) is 2.88. The Bertz CT molecular complexity index is 995. The lowest BCUT2D eigenvalue weighted by molar-refractivity contribution is 0.0947. The van der Waals surface area contributed by atoms with Crippen LogP contribution in [0.25, 0.3) is 10.9 Å². The molecule has 0 saturated heterocycles. The summed E-state index contributed by atoms with van der Waals surface area (Å²) in [5.74, 6) is -0.179. The van der Waals surface area contributed by atoms with Crippen LogP contribution < -0.4 is 10.2 Å². The van der Waals surface area contributed by atoms with Gasteiger partial charge in [-0.25, -0.2) is 5.43 Å². The quantitative estimate of drug-likeness (QED) is 0.530. The van der Waals surface area contributed by atoms with Crippen molar-refractivity contribution in [2.24, 2.45) is 12.1 Å². The molecule has 1 amide bonds. The molecular formula is C19H18ClN3O3. The maximum absolute atomic E-state index is 12.4. The summed E-state index contributed by atoms with van der Waals surface area (Å²) < 4.78 is 7.13. The van der Waals surface area contributed by atoms with Crippen LogP contribution in [0, 0.1) is 0 Å². The van der Waals surface area contributed by atoms with E-state index >= 15 is 0 Å². The van der Waals surface area contributed by atoms with Crippen LogP contribution in [-0.2, 0) is 7.05 Å². The van der Waals surface area contributed by atoms with Gasteiger partial charge < -0.3 is 14.4 Å². The number of para-hydroxylation sites is 1. The maximum atomic E-state index is 12.4. The van der Waals surface area contributed by atoms with E-state index in [9.17, 15) is 9.90 Å². The number of benzene rings is 2. The second-order valence-corrected chi connectivity index (χ2v) is 6.04. The normalized spacial score (nSPS) is 11.2. The number of ether oxygens (including phenoxy) is 1. The number of phenols is 1. The second-order valence-electron chi connectivity index (χ2n) is 5.63. The average Bonchev–Trinajstić information content (AvgIpc) is 2.96. The molecule has 0 unspecified atom stereocenters. The van der Waals surface area contributed by atoms with Gasteiger partial charge in [0.2, 0.25) is 0 Å². The molecule has 0 saturated carbocycles. The number of fused-ring (bicyclic) bond motifs is 1. The van der Waals surface area contributed by atoms with Crippen LogP contribution in [0.2, 0.25) is 5.02 Å². The van der Waals surface area contributed by atoms with Gasteiger partial charge in [0.05, 0.1) is 17.8 Å². The van der Waals surface area contributed by atoms with Crippen molar-refractivity contribution in [2.75, 3.05) is 6.61 Å². The molecule has 0 fully saturated rings. The number of hydrogen-bond donors (Lipinski definition) is 2. The Kier molecular flexibility index (Phi) is 5.14. The summed E-state index contributed by atoms with van der Waals surface area (Å²) >= 11 is 5.98. The molecule has 3 rings (SSSR count). The molecule has 2 N–H and O–H groups in total. The van der Waals surface area contributed by atoms with Crippen molar-refractivity contribution in [1.82, 2.24) is 9.99 Å². The van der Waals surface area contributed by atoms with Crippen LogP contribution in [0.4, 0.5) is 0 Å². The number of aromatic hydroxyl groups is 1. The molecule has 7 heteroatoms. The standard InChI is InChI=1S/C19H18ClN3O3/c1-3-26-17-9-12(8-14(20)18(17)24)11-21-22-19(25)16-10-13-6-4-5-7-15(13)23(16)2/h4-11,24H,3H2,1-2H3,(H,22,25)/b21-11+. The number of phenolic OH excluding ortho intramolecular Hbond substituents is 1.